The van der Waals surface area contributed by atoms with Gasteiger partial charge in [0.2, 0.25) is 0 Å². The SMILES string of the molecule is CCCCCOc1ccc(CCCCCCCOCCCCCCCc2ccc(OCCCCC)c(OC)c2)cc1OC. The normalized spacial score (nSPS) is 11.1. The van der Waals surface area contributed by atoms with Gasteiger partial charge in [-0.05, 0) is 86.8 Å². The Morgan fingerprint density at radius 3 is 1.23 bits per heavy atom. The Kier molecular flexibility index (Phi) is 21.4. The number of aryl methyl sites for hydroxylation is 2. The molecule has 0 spiro atoms. The average molecular weight is 599 g/mol. The van der Waals surface area contributed by atoms with Crippen LogP contribution in [0.3, 0.4) is 0 Å². The summed E-state index contributed by atoms with van der Waals surface area (Å²) >= 11 is 0. The van der Waals surface area contributed by atoms with Crippen LogP contribution in [0.25, 0.3) is 0 Å². The Labute approximate surface area is 264 Å². The van der Waals surface area contributed by atoms with E-state index in [-0.39, 0.29) is 0 Å². The number of methoxy groups -OCH3 is 2. The predicted molar refractivity (Wildman–Crippen MR) is 180 cm³/mol. The summed E-state index contributed by atoms with van der Waals surface area (Å²) in [5.74, 6) is 3.45. The van der Waals surface area contributed by atoms with E-state index < -0.39 is 0 Å². The van der Waals surface area contributed by atoms with E-state index in [2.05, 4.69) is 50.2 Å². The van der Waals surface area contributed by atoms with Crippen molar-refractivity contribution < 1.29 is 23.7 Å². The summed E-state index contributed by atoms with van der Waals surface area (Å²) in [7, 11) is 3.46. The molecule has 0 unspecified atom stereocenters. The highest BCUT2D eigenvalue weighted by molar-refractivity contribution is 5.43. The number of hydrogen-bond acceptors (Lipinski definition) is 5. The molecule has 0 aliphatic heterocycles. The van der Waals surface area contributed by atoms with E-state index >= 15 is 0 Å². The quantitative estimate of drug-likeness (QED) is 0.0912. The minimum Gasteiger partial charge on any atom is -0.493 e. The zero-order chi connectivity index (χ0) is 30.8. The second-order valence-corrected chi connectivity index (χ2v) is 11.7. The molecule has 0 N–H and O–H groups in total. The van der Waals surface area contributed by atoms with Crippen molar-refractivity contribution in [1.82, 2.24) is 0 Å². The Balaban J connectivity index is 1.41. The highest BCUT2D eigenvalue weighted by Gasteiger charge is 2.07. The van der Waals surface area contributed by atoms with E-state index in [1.807, 2.05) is 0 Å². The molecular weight excluding hydrogens is 536 g/mol. The molecule has 5 nitrogen and oxygen atoms in total. The third kappa shape index (κ3) is 16.9. The third-order valence-corrected chi connectivity index (χ3v) is 7.98. The lowest BCUT2D eigenvalue weighted by molar-refractivity contribution is 0.125. The number of rotatable bonds is 28. The molecular formula is C38H62O5. The maximum atomic E-state index is 5.91. The Hall–Kier alpha value is -2.40. The number of hydrogen-bond donors (Lipinski definition) is 0. The lowest BCUT2D eigenvalue weighted by atomic mass is 10.0. The van der Waals surface area contributed by atoms with Gasteiger partial charge in [-0.3, -0.25) is 0 Å². The summed E-state index contributed by atoms with van der Waals surface area (Å²) < 4.78 is 28.8. The van der Waals surface area contributed by atoms with Crippen molar-refractivity contribution >= 4 is 0 Å². The summed E-state index contributed by atoms with van der Waals surface area (Å²) in [6.07, 6.45) is 21.6. The summed E-state index contributed by atoms with van der Waals surface area (Å²) in [5, 5.41) is 0. The number of ether oxygens (including phenoxy) is 5. The smallest absolute Gasteiger partial charge is 0.161 e. The van der Waals surface area contributed by atoms with E-state index in [1.54, 1.807) is 14.2 Å². The Morgan fingerprint density at radius 1 is 0.419 bits per heavy atom. The maximum Gasteiger partial charge on any atom is 0.161 e. The van der Waals surface area contributed by atoms with E-state index in [0.717, 1.165) is 75.1 Å². The zero-order valence-electron chi connectivity index (χ0n) is 28.1. The first-order valence-electron chi connectivity index (χ1n) is 17.4. The van der Waals surface area contributed by atoms with E-state index in [1.165, 1.54) is 101 Å². The van der Waals surface area contributed by atoms with E-state index in [0.29, 0.717) is 0 Å². The minimum atomic E-state index is 0.760. The zero-order valence-corrected chi connectivity index (χ0v) is 28.1. The molecule has 2 rings (SSSR count). The van der Waals surface area contributed by atoms with Crippen LogP contribution >= 0.6 is 0 Å². The van der Waals surface area contributed by atoms with Gasteiger partial charge in [0, 0.05) is 13.2 Å². The molecule has 0 fully saturated rings. The summed E-state index contributed by atoms with van der Waals surface area (Å²) in [6, 6.07) is 12.8. The van der Waals surface area contributed by atoms with Gasteiger partial charge in [-0.2, -0.15) is 0 Å². The topological polar surface area (TPSA) is 46.2 Å². The molecule has 0 heterocycles. The first-order chi connectivity index (χ1) is 21.2. The van der Waals surface area contributed by atoms with Gasteiger partial charge in [0.05, 0.1) is 27.4 Å². The van der Waals surface area contributed by atoms with Gasteiger partial charge >= 0.3 is 0 Å². The fraction of sp³-hybridized carbons (Fsp3) is 0.684. The van der Waals surface area contributed by atoms with Crippen LogP contribution in [-0.2, 0) is 17.6 Å². The largest absolute Gasteiger partial charge is 0.493 e. The van der Waals surface area contributed by atoms with Crippen LogP contribution in [0.2, 0.25) is 0 Å². The van der Waals surface area contributed by atoms with Gasteiger partial charge in [0.15, 0.2) is 23.0 Å². The van der Waals surface area contributed by atoms with Crippen molar-refractivity contribution in [2.24, 2.45) is 0 Å². The average Bonchev–Trinajstić information content (AvgIpc) is 3.03. The fourth-order valence-corrected chi connectivity index (χ4v) is 5.27. The second-order valence-electron chi connectivity index (χ2n) is 11.7. The maximum absolute atomic E-state index is 5.91. The molecule has 0 saturated carbocycles. The Bertz CT molecular complexity index is 868. The van der Waals surface area contributed by atoms with Crippen LogP contribution in [-0.4, -0.2) is 40.6 Å². The van der Waals surface area contributed by atoms with Crippen molar-refractivity contribution in [3.63, 3.8) is 0 Å². The molecule has 5 heteroatoms. The molecule has 0 aliphatic rings. The van der Waals surface area contributed by atoms with Gasteiger partial charge in [-0.1, -0.05) is 90.2 Å². The summed E-state index contributed by atoms with van der Waals surface area (Å²) in [6.45, 7) is 7.74. The van der Waals surface area contributed by atoms with Gasteiger partial charge < -0.3 is 23.7 Å². The molecule has 0 radical (unpaired) electrons. The molecule has 0 aromatic heterocycles. The molecule has 43 heavy (non-hydrogen) atoms. The van der Waals surface area contributed by atoms with Crippen LogP contribution in [0.4, 0.5) is 0 Å². The van der Waals surface area contributed by atoms with E-state index in [4.69, 9.17) is 23.7 Å². The molecule has 0 atom stereocenters. The van der Waals surface area contributed by atoms with Crippen molar-refractivity contribution in [2.75, 3.05) is 40.6 Å². The van der Waals surface area contributed by atoms with Gasteiger partial charge in [0.1, 0.15) is 0 Å². The molecule has 244 valence electrons. The number of unbranched alkanes of at least 4 members (excludes halogenated alkanes) is 12. The van der Waals surface area contributed by atoms with Crippen LogP contribution in [0.1, 0.15) is 128 Å². The molecule has 2 aromatic carbocycles. The Morgan fingerprint density at radius 2 is 0.814 bits per heavy atom. The van der Waals surface area contributed by atoms with Crippen molar-refractivity contribution in [3.8, 4) is 23.0 Å². The van der Waals surface area contributed by atoms with Gasteiger partial charge in [-0.25, -0.2) is 0 Å². The second kappa shape index (κ2) is 25.0. The van der Waals surface area contributed by atoms with Crippen molar-refractivity contribution in [3.05, 3.63) is 47.5 Å². The molecule has 0 bridgehead atoms. The third-order valence-electron chi connectivity index (χ3n) is 7.98. The minimum absolute atomic E-state index is 0.760. The standard InChI is InChI=1S/C38H62O5/c1-5-7-17-29-42-35-25-23-33(31-37(35)39-3)21-15-11-9-13-19-27-41-28-20-14-10-12-16-22-34-24-26-36(38(32-34)40-4)43-30-18-8-6-2/h23-26,31-32H,5-22,27-30H2,1-4H3. The predicted octanol–water partition coefficient (Wildman–Crippen LogP) is 10.5. The van der Waals surface area contributed by atoms with Crippen molar-refractivity contribution in [2.45, 2.75) is 129 Å². The summed E-state index contributed by atoms with van der Waals surface area (Å²) in [4.78, 5) is 0. The first-order valence-corrected chi connectivity index (χ1v) is 17.4. The van der Waals surface area contributed by atoms with Crippen LogP contribution in [0.15, 0.2) is 36.4 Å². The number of benzene rings is 2. The van der Waals surface area contributed by atoms with Crippen molar-refractivity contribution in [1.29, 1.82) is 0 Å². The van der Waals surface area contributed by atoms with Crippen LogP contribution in [0, 0.1) is 0 Å². The molecule has 0 amide bonds. The van der Waals surface area contributed by atoms with Crippen LogP contribution in [0.5, 0.6) is 23.0 Å². The fourth-order valence-electron chi connectivity index (χ4n) is 5.27. The highest BCUT2D eigenvalue weighted by atomic mass is 16.5. The van der Waals surface area contributed by atoms with Crippen LogP contribution < -0.4 is 18.9 Å². The monoisotopic (exact) mass is 598 g/mol. The molecule has 0 aliphatic carbocycles. The lowest BCUT2D eigenvalue weighted by Crippen LogP contribution is -2.00. The van der Waals surface area contributed by atoms with Gasteiger partial charge in [0.25, 0.3) is 0 Å². The highest BCUT2D eigenvalue weighted by Crippen LogP contribution is 2.30. The first kappa shape index (κ1) is 36.8. The van der Waals surface area contributed by atoms with E-state index in [9.17, 15) is 0 Å². The molecule has 2 aromatic rings. The lowest BCUT2D eigenvalue weighted by Gasteiger charge is -2.12. The summed E-state index contributed by atoms with van der Waals surface area (Å²) in [5.41, 5.74) is 2.66. The molecule has 0 saturated heterocycles. The van der Waals surface area contributed by atoms with Gasteiger partial charge in [-0.15, -0.1) is 0 Å².